The molecule has 0 aliphatic carbocycles. The molecule has 0 atom stereocenters. The minimum absolute atomic E-state index is 0.223. The highest BCUT2D eigenvalue weighted by molar-refractivity contribution is 7.17. The van der Waals surface area contributed by atoms with Crippen molar-refractivity contribution in [3.63, 3.8) is 0 Å². The van der Waals surface area contributed by atoms with Crippen LogP contribution in [-0.4, -0.2) is 46.7 Å². The van der Waals surface area contributed by atoms with E-state index in [9.17, 15) is 9.59 Å². The normalized spacial score (nSPS) is 14.3. The van der Waals surface area contributed by atoms with Crippen LogP contribution < -0.4 is 15.4 Å². The number of anilines is 2. The number of thiophene rings is 1. The topological polar surface area (TPSA) is 132 Å². The quantitative estimate of drug-likeness (QED) is 0.298. The molecule has 0 radical (unpaired) electrons. The van der Waals surface area contributed by atoms with E-state index >= 15 is 0 Å². The second-order valence-electron chi connectivity index (χ2n) is 9.25. The molecule has 37 heavy (non-hydrogen) atoms. The van der Waals surface area contributed by atoms with Crippen LogP contribution in [0.1, 0.15) is 29.9 Å². The van der Waals surface area contributed by atoms with Gasteiger partial charge in [-0.25, -0.2) is 9.97 Å². The van der Waals surface area contributed by atoms with E-state index in [0.29, 0.717) is 34.3 Å². The van der Waals surface area contributed by atoms with E-state index in [-0.39, 0.29) is 11.8 Å². The number of imidazole rings is 2. The standard InChI is InChI=1S/C25H24N8O3S/c1-25(2)23(35)29-17-10-16-18(11-19(17)36-25)33(8-3-7-32-9-6-26-14-32)24(30-16)31-22(34)21-5-4-20(37-21)15-12-27-28-13-15/h4-6,9-14H,3,7-8H2,1-2H3,(H,27,28)(H,29,35)(H,30,31,34). The number of H-pyrrole nitrogens is 1. The van der Waals surface area contributed by atoms with Crippen LogP contribution in [0.2, 0.25) is 0 Å². The fourth-order valence-electron chi connectivity index (χ4n) is 4.24. The summed E-state index contributed by atoms with van der Waals surface area (Å²) in [6.45, 7) is 4.81. The van der Waals surface area contributed by atoms with E-state index < -0.39 is 5.60 Å². The summed E-state index contributed by atoms with van der Waals surface area (Å²) in [6.07, 6.45) is 9.73. The molecule has 0 fully saturated rings. The Morgan fingerprint density at radius 1 is 1.24 bits per heavy atom. The number of carbonyl (C=O) groups is 2. The molecule has 11 nitrogen and oxygen atoms in total. The van der Waals surface area contributed by atoms with Gasteiger partial charge in [0, 0.05) is 48.2 Å². The van der Waals surface area contributed by atoms with Crippen LogP contribution in [0.5, 0.6) is 5.75 Å². The molecule has 0 saturated carbocycles. The van der Waals surface area contributed by atoms with Crippen molar-refractivity contribution in [3.05, 3.63) is 60.3 Å². The van der Waals surface area contributed by atoms with Crippen molar-refractivity contribution in [2.24, 2.45) is 0 Å². The fraction of sp³-hybridized carbons (Fsp3) is 0.240. The Balaban J connectivity index is 1.33. The lowest BCUT2D eigenvalue weighted by Crippen LogP contribution is -2.45. The fourth-order valence-corrected chi connectivity index (χ4v) is 5.13. The lowest BCUT2D eigenvalue weighted by Gasteiger charge is -2.31. The predicted octanol–water partition coefficient (Wildman–Crippen LogP) is 4.14. The molecule has 4 aromatic heterocycles. The third-order valence-electron chi connectivity index (χ3n) is 6.20. The summed E-state index contributed by atoms with van der Waals surface area (Å²) in [5.41, 5.74) is 1.94. The van der Waals surface area contributed by atoms with Crippen LogP contribution in [0.25, 0.3) is 21.5 Å². The molecular formula is C25H24N8O3S. The maximum Gasteiger partial charge on any atom is 0.268 e. The summed E-state index contributed by atoms with van der Waals surface area (Å²) in [5, 5.41) is 12.7. The second-order valence-corrected chi connectivity index (χ2v) is 10.3. The number of rotatable bonds is 7. The van der Waals surface area contributed by atoms with Gasteiger partial charge < -0.3 is 19.2 Å². The number of benzene rings is 1. The summed E-state index contributed by atoms with van der Waals surface area (Å²) in [5.74, 6) is 0.519. The van der Waals surface area contributed by atoms with Crippen LogP contribution in [0.3, 0.4) is 0 Å². The van der Waals surface area contributed by atoms with E-state index in [2.05, 4.69) is 25.8 Å². The molecule has 1 aliphatic heterocycles. The molecule has 0 spiro atoms. The zero-order valence-electron chi connectivity index (χ0n) is 20.2. The van der Waals surface area contributed by atoms with Gasteiger partial charge in [-0.2, -0.15) is 5.10 Å². The number of hydrogen-bond acceptors (Lipinski definition) is 7. The zero-order chi connectivity index (χ0) is 25.6. The molecule has 1 aliphatic rings. The molecule has 188 valence electrons. The summed E-state index contributed by atoms with van der Waals surface area (Å²) < 4.78 is 9.97. The highest BCUT2D eigenvalue weighted by Gasteiger charge is 2.36. The molecule has 5 heterocycles. The molecule has 0 bridgehead atoms. The van der Waals surface area contributed by atoms with E-state index in [1.807, 2.05) is 27.5 Å². The van der Waals surface area contributed by atoms with Gasteiger partial charge in [0.25, 0.3) is 11.8 Å². The van der Waals surface area contributed by atoms with Crippen LogP contribution in [0, 0.1) is 0 Å². The van der Waals surface area contributed by atoms with Crippen molar-refractivity contribution in [2.45, 2.75) is 39.0 Å². The minimum atomic E-state index is -0.990. The lowest BCUT2D eigenvalue weighted by atomic mass is 10.1. The number of aryl methyl sites for hydroxylation is 2. The number of aromatic nitrogens is 6. The van der Waals surface area contributed by atoms with Gasteiger partial charge in [-0.1, -0.05) is 0 Å². The summed E-state index contributed by atoms with van der Waals surface area (Å²) >= 11 is 1.38. The SMILES string of the molecule is CC1(C)Oc2cc3c(cc2NC1=O)nc(NC(=O)c1ccc(-c2cn[nH]c2)s1)n3CCCn1ccnc1. The second kappa shape index (κ2) is 8.89. The zero-order valence-corrected chi connectivity index (χ0v) is 21.0. The van der Waals surface area contributed by atoms with E-state index in [1.54, 1.807) is 50.9 Å². The predicted molar refractivity (Wildman–Crippen MR) is 140 cm³/mol. The third-order valence-corrected chi connectivity index (χ3v) is 7.34. The van der Waals surface area contributed by atoms with Crippen LogP contribution >= 0.6 is 11.3 Å². The van der Waals surface area contributed by atoms with Crippen LogP contribution in [-0.2, 0) is 17.9 Å². The summed E-state index contributed by atoms with van der Waals surface area (Å²) in [6, 6.07) is 7.34. The Labute approximate surface area is 215 Å². The van der Waals surface area contributed by atoms with Crippen molar-refractivity contribution in [2.75, 3.05) is 10.6 Å². The molecule has 5 aromatic rings. The van der Waals surface area contributed by atoms with Crippen molar-refractivity contribution >= 4 is 45.8 Å². The number of amides is 2. The summed E-state index contributed by atoms with van der Waals surface area (Å²) in [4.78, 5) is 35.9. The first kappa shape index (κ1) is 23.0. The first-order valence-corrected chi connectivity index (χ1v) is 12.6. The number of nitrogens with zero attached hydrogens (tertiary/aromatic N) is 5. The van der Waals surface area contributed by atoms with Gasteiger partial charge >= 0.3 is 0 Å². The largest absolute Gasteiger partial charge is 0.476 e. The monoisotopic (exact) mass is 516 g/mol. The molecule has 12 heteroatoms. The van der Waals surface area contributed by atoms with Gasteiger partial charge in [0.15, 0.2) is 5.60 Å². The van der Waals surface area contributed by atoms with Crippen molar-refractivity contribution < 1.29 is 14.3 Å². The Bertz CT molecular complexity index is 1600. The third kappa shape index (κ3) is 4.35. The molecule has 6 rings (SSSR count). The number of carbonyl (C=O) groups excluding carboxylic acids is 2. The maximum atomic E-state index is 13.2. The molecule has 0 unspecified atom stereocenters. The minimum Gasteiger partial charge on any atom is -0.476 e. The average molecular weight is 517 g/mol. The van der Waals surface area contributed by atoms with Crippen molar-refractivity contribution in [1.82, 2.24) is 29.3 Å². The highest BCUT2D eigenvalue weighted by Crippen LogP contribution is 2.38. The average Bonchev–Trinajstić information content (AvgIpc) is 3.66. The van der Waals surface area contributed by atoms with Gasteiger partial charge in [0.05, 0.1) is 34.1 Å². The van der Waals surface area contributed by atoms with Gasteiger partial charge in [0.2, 0.25) is 5.95 Å². The van der Waals surface area contributed by atoms with Crippen LogP contribution in [0.15, 0.2) is 55.4 Å². The molecule has 3 N–H and O–H groups in total. The van der Waals surface area contributed by atoms with Gasteiger partial charge in [-0.05, 0) is 38.5 Å². The Morgan fingerprint density at radius 2 is 2.14 bits per heavy atom. The number of nitrogens with one attached hydrogen (secondary N) is 3. The van der Waals surface area contributed by atoms with Crippen LogP contribution in [0.4, 0.5) is 11.6 Å². The first-order valence-electron chi connectivity index (χ1n) is 11.8. The Hall–Kier alpha value is -4.45. The number of aromatic amines is 1. The Morgan fingerprint density at radius 3 is 2.92 bits per heavy atom. The van der Waals surface area contributed by atoms with Crippen molar-refractivity contribution in [3.8, 4) is 16.2 Å². The smallest absolute Gasteiger partial charge is 0.268 e. The Kier molecular flexibility index (Phi) is 5.52. The molecule has 0 saturated heterocycles. The molecule has 2 amide bonds. The van der Waals surface area contributed by atoms with E-state index in [1.165, 1.54) is 11.3 Å². The molecular weight excluding hydrogens is 492 g/mol. The van der Waals surface area contributed by atoms with E-state index in [4.69, 9.17) is 9.72 Å². The maximum absolute atomic E-state index is 13.2. The van der Waals surface area contributed by atoms with Crippen molar-refractivity contribution in [1.29, 1.82) is 0 Å². The number of ether oxygens (including phenoxy) is 1. The number of fused-ring (bicyclic) bond motifs is 2. The van der Waals surface area contributed by atoms with E-state index in [0.717, 1.165) is 28.9 Å². The van der Waals surface area contributed by atoms with Gasteiger partial charge in [-0.3, -0.25) is 20.0 Å². The highest BCUT2D eigenvalue weighted by atomic mass is 32.1. The summed E-state index contributed by atoms with van der Waals surface area (Å²) in [7, 11) is 0. The first-order chi connectivity index (χ1) is 17.9. The van der Waals surface area contributed by atoms with Gasteiger partial charge in [0.1, 0.15) is 5.75 Å². The number of hydrogen-bond donors (Lipinski definition) is 3. The molecule has 1 aromatic carbocycles. The lowest BCUT2D eigenvalue weighted by molar-refractivity contribution is -0.129. The van der Waals surface area contributed by atoms with Gasteiger partial charge in [-0.15, -0.1) is 11.3 Å².